The molecule has 1 aromatic rings. The summed E-state index contributed by atoms with van der Waals surface area (Å²) in [5, 5.41) is 10.2. The van der Waals surface area contributed by atoms with Crippen LogP contribution < -0.4 is 4.74 Å². The molecule has 172 valence electrons. The van der Waals surface area contributed by atoms with E-state index >= 15 is 0 Å². The fourth-order valence-corrected chi connectivity index (χ4v) is 3.55. The minimum atomic E-state index is -0.739. The van der Waals surface area contributed by atoms with Gasteiger partial charge in [-0.2, -0.15) is 0 Å². The lowest BCUT2D eigenvalue weighted by Crippen LogP contribution is -2.23. The smallest absolute Gasteiger partial charge is 0.308 e. The average Bonchev–Trinajstić information content (AvgIpc) is 2.76. The molecule has 1 rings (SSSR count). The van der Waals surface area contributed by atoms with Crippen molar-refractivity contribution in [1.82, 2.24) is 0 Å². The summed E-state index contributed by atoms with van der Waals surface area (Å²) in [6.45, 7) is 2.73. The molecular weight excluding hydrogens is 380 g/mol. The van der Waals surface area contributed by atoms with Crippen LogP contribution in [0.3, 0.4) is 0 Å². The van der Waals surface area contributed by atoms with Gasteiger partial charge in [-0.25, -0.2) is 0 Å². The summed E-state index contributed by atoms with van der Waals surface area (Å²) in [5.41, 5.74) is 1.07. The first kappa shape index (κ1) is 26.4. The van der Waals surface area contributed by atoms with E-state index in [2.05, 4.69) is 11.7 Å². The highest BCUT2D eigenvalue weighted by Crippen LogP contribution is 2.19. The van der Waals surface area contributed by atoms with E-state index in [1.54, 1.807) is 7.11 Å². The molecule has 0 amide bonds. The van der Waals surface area contributed by atoms with Crippen LogP contribution in [0.1, 0.15) is 89.5 Å². The van der Waals surface area contributed by atoms with Gasteiger partial charge in [-0.15, -0.1) is 0 Å². The van der Waals surface area contributed by atoms with E-state index < -0.39 is 6.10 Å². The lowest BCUT2D eigenvalue weighted by Gasteiger charge is -2.21. The zero-order valence-electron chi connectivity index (χ0n) is 19.2. The highest BCUT2D eigenvalue weighted by Gasteiger charge is 2.18. The maximum atomic E-state index is 11.4. The second kappa shape index (κ2) is 17.1. The van der Waals surface area contributed by atoms with Crippen molar-refractivity contribution in [3.05, 3.63) is 29.8 Å². The van der Waals surface area contributed by atoms with Gasteiger partial charge < -0.3 is 19.3 Å². The van der Waals surface area contributed by atoms with Crippen LogP contribution in [-0.4, -0.2) is 37.5 Å². The molecule has 0 saturated heterocycles. The topological polar surface area (TPSA) is 65.0 Å². The Balaban J connectivity index is 2.38. The Labute approximate surface area is 183 Å². The van der Waals surface area contributed by atoms with E-state index in [4.69, 9.17) is 9.47 Å². The maximum Gasteiger partial charge on any atom is 0.308 e. The van der Waals surface area contributed by atoms with Crippen LogP contribution in [0, 0.1) is 0 Å². The Morgan fingerprint density at radius 2 is 1.53 bits per heavy atom. The fraction of sp³-hybridized carbons (Fsp3) is 0.720. The highest BCUT2D eigenvalue weighted by atomic mass is 16.5. The first-order valence-electron chi connectivity index (χ1n) is 11.6. The van der Waals surface area contributed by atoms with Crippen LogP contribution in [0.5, 0.6) is 5.75 Å². The number of esters is 1. The molecule has 0 fully saturated rings. The van der Waals surface area contributed by atoms with Gasteiger partial charge in [-0.3, -0.25) is 4.79 Å². The van der Waals surface area contributed by atoms with Gasteiger partial charge in [0.1, 0.15) is 5.75 Å². The number of methoxy groups -OCH3 is 2. The predicted molar refractivity (Wildman–Crippen MR) is 121 cm³/mol. The van der Waals surface area contributed by atoms with Crippen molar-refractivity contribution in [2.75, 3.05) is 14.2 Å². The molecule has 0 bridgehead atoms. The van der Waals surface area contributed by atoms with E-state index in [-0.39, 0.29) is 18.5 Å². The summed E-state index contributed by atoms with van der Waals surface area (Å²) >= 11 is 0. The Kier molecular flexibility index (Phi) is 15.1. The van der Waals surface area contributed by atoms with E-state index in [9.17, 15) is 9.90 Å². The van der Waals surface area contributed by atoms with Gasteiger partial charge in [0.05, 0.1) is 39.5 Å². The molecular formula is C25H42O5. The van der Waals surface area contributed by atoms with Gasteiger partial charge >= 0.3 is 5.97 Å². The Morgan fingerprint density at radius 3 is 2.10 bits per heavy atom. The van der Waals surface area contributed by atoms with Crippen molar-refractivity contribution in [2.24, 2.45) is 0 Å². The molecule has 0 aliphatic heterocycles. The van der Waals surface area contributed by atoms with Crippen LogP contribution in [-0.2, 0) is 20.9 Å². The number of hydrogen-bond donors (Lipinski definition) is 1. The monoisotopic (exact) mass is 422 g/mol. The molecule has 1 aromatic carbocycles. The van der Waals surface area contributed by atoms with Gasteiger partial charge in [0.15, 0.2) is 0 Å². The fourth-order valence-electron chi connectivity index (χ4n) is 3.55. The third-order valence-electron chi connectivity index (χ3n) is 5.44. The predicted octanol–water partition coefficient (Wildman–Crippen LogP) is 5.82. The minimum absolute atomic E-state index is 0.0106. The molecule has 0 spiro atoms. The number of unbranched alkanes of at least 4 members (excludes halogenated alkanes) is 8. The Bertz CT molecular complexity index is 543. The molecule has 0 aliphatic carbocycles. The van der Waals surface area contributed by atoms with Crippen LogP contribution >= 0.6 is 0 Å². The number of carbonyl (C=O) groups excluding carboxylic acids is 1. The molecule has 0 saturated carbocycles. The summed E-state index contributed by atoms with van der Waals surface area (Å²) in [5.74, 6) is 0.429. The van der Waals surface area contributed by atoms with Gasteiger partial charge in [-0.1, -0.05) is 76.8 Å². The summed E-state index contributed by atoms with van der Waals surface area (Å²) in [4.78, 5) is 11.4. The Hall–Kier alpha value is -1.59. The normalized spacial score (nSPS) is 13.1. The summed E-state index contributed by atoms with van der Waals surface area (Å²) in [7, 11) is 2.99. The van der Waals surface area contributed by atoms with E-state index in [0.717, 1.165) is 24.2 Å². The first-order chi connectivity index (χ1) is 14.6. The van der Waals surface area contributed by atoms with Crippen molar-refractivity contribution < 1.29 is 24.1 Å². The van der Waals surface area contributed by atoms with Crippen LogP contribution in [0.15, 0.2) is 24.3 Å². The van der Waals surface area contributed by atoms with Crippen LogP contribution in [0.4, 0.5) is 0 Å². The largest absolute Gasteiger partial charge is 0.497 e. The van der Waals surface area contributed by atoms with Crippen LogP contribution in [0.25, 0.3) is 0 Å². The molecule has 0 radical (unpaired) electrons. The van der Waals surface area contributed by atoms with E-state index in [1.165, 1.54) is 58.5 Å². The number of aliphatic hydroxyl groups excluding tert-OH is 1. The summed E-state index contributed by atoms with van der Waals surface area (Å²) in [6, 6.07) is 7.80. The van der Waals surface area contributed by atoms with Crippen molar-refractivity contribution >= 4 is 5.97 Å². The zero-order valence-corrected chi connectivity index (χ0v) is 19.2. The van der Waals surface area contributed by atoms with Gasteiger partial charge in [-0.05, 0) is 24.1 Å². The van der Waals surface area contributed by atoms with E-state index in [0.29, 0.717) is 13.0 Å². The molecule has 0 unspecified atom stereocenters. The molecule has 0 aliphatic rings. The van der Waals surface area contributed by atoms with Crippen molar-refractivity contribution in [1.29, 1.82) is 0 Å². The number of aliphatic hydroxyl groups is 1. The third-order valence-corrected chi connectivity index (χ3v) is 5.44. The van der Waals surface area contributed by atoms with Crippen molar-refractivity contribution in [3.8, 4) is 5.75 Å². The van der Waals surface area contributed by atoms with Crippen molar-refractivity contribution in [3.63, 3.8) is 0 Å². The lowest BCUT2D eigenvalue weighted by molar-refractivity contribution is -0.143. The standard InChI is InChI=1S/C25H42O5/c1-4-5-6-7-8-9-10-11-12-13-24(18-22(26)19-25(27)29-3)30-20-21-14-16-23(28-2)17-15-21/h14-17,22,24,26H,4-13,18-20H2,1-3H3/t22-,24+/m0/s1. The molecule has 0 aromatic heterocycles. The van der Waals surface area contributed by atoms with Gasteiger partial charge in [0, 0.05) is 6.42 Å². The highest BCUT2D eigenvalue weighted by molar-refractivity contribution is 5.69. The number of ether oxygens (including phenoxy) is 3. The molecule has 5 heteroatoms. The average molecular weight is 423 g/mol. The minimum Gasteiger partial charge on any atom is -0.497 e. The number of rotatable bonds is 18. The molecule has 1 N–H and O–H groups in total. The summed E-state index contributed by atoms with van der Waals surface area (Å²) < 4.78 is 16.0. The first-order valence-corrected chi connectivity index (χ1v) is 11.6. The number of benzene rings is 1. The quantitative estimate of drug-likeness (QED) is 0.239. The van der Waals surface area contributed by atoms with Gasteiger partial charge in [0.25, 0.3) is 0 Å². The third kappa shape index (κ3) is 12.9. The second-order valence-electron chi connectivity index (χ2n) is 8.07. The molecule has 30 heavy (non-hydrogen) atoms. The number of hydrogen-bond acceptors (Lipinski definition) is 5. The van der Waals surface area contributed by atoms with E-state index in [1.807, 2.05) is 24.3 Å². The van der Waals surface area contributed by atoms with Gasteiger partial charge in [0.2, 0.25) is 0 Å². The SMILES string of the molecule is CCCCCCCCCCC[C@H](C[C@H](O)CC(=O)OC)OCc1ccc(OC)cc1. The number of carbonyl (C=O) groups is 1. The molecule has 5 nitrogen and oxygen atoms in total. The lowest BCUT2D eigenvalue weighted by atomic mass is 10.0. The second-order valence-corrected chi connectivity index (χ2v) is 8.07. The van der Waals surface area contributed by atoms with Crippen LogP contribution in [0.2, 0.25) is 0 Å². The zero-order chi connectivity index (χ0) is 22.0. The summed E-state index contributed by atoms with van der Waals surface area (Å²) in [6.07, 6.45) is 12.0. The van der Waals surface area contributed by atoms with Crippen molar-refractivity contribution in [2.45, 2.75) is 103 Å². The maximum absolute atomic E-state index is 11.4. The molecule has 2 atom stereocenters. The Morgan fingerprint density at radius 1 is 0.933 bits per heavy atom. The molecule has 0 heterocycles.